The maximum absolute atomic E-state index is 13.4. The minimum absolute atomic E-state index is 0.520. The molecule has 94 valence electrons. The van der Waals surface area contributed by atoms with Crippen molar-refractivity contribution < 1.29 is 32.6 Å². The second-order valence-corrected chi connectivity index (χ2v) is 3.32. The van der Waals surface area contributed by atoms with Crippen molar-refractivity contribution in [3.63, 3.8) is 0 Å². The SMILES string of the molecule is O=C(O)C[C@H](O)c1cccc(C(F)(F)F)c1F. The van der Waals surface area contributed by atoms with E-state index in [1.807, 2.05) is 0 Å². The van der Waals surface area contributed by atoms with Gasteiger partial charge in [-0.3, -0.25) is 4.79 Å². The fourth-order valence-corrected chi connectivity index (χ4v) is 1.30. The zero-order valence-electron chi connectivity index (χ0n) is 8.33. The molecule has 3 nitrogen and oxygen atoms in total. The van der Waals surface area contributed by atoms with Gasteiger partial charge in [0.25, 0.3) is 0 Å². The Morgan fingerprint density at radius 2 is 1.94 bits per heavy atom. The Kier molecular flexibility index (Phi) is 3.72. The van der Waals surface area contributed by atoms with Gasteiger partial charge in [-0.15, -0.1) is 0 Å². The quantitative estimate of drug-likeness (QED) is 0.812. The number of rotatable bonds is 3. The van der Waals surface area contributed by atoms with E-state index >= 15 is 0 Å². The number of halogens is 4. The van der Waals surface area contributed by atoms with Gasteiger partial charge in [-0.05, 0) is 6.07 Å². The van der Waals surface area contributed by atoms with Gasteiger partial charge in [-0.2, -0.15) is 13.2 Å². The van der Waals surface area contributed by atoms with E-state index in [4.69, 9.17) is 5.11 Å². The standard InChI is InChI=1S/C10H8F4O3/c11-9-5(7(15)4-8(16)17)2-1-3-6(9)10(12,13)14/h1-3,7,15H,4H2,(H,16,17)/t7-/m0/s1. The van der Waals surface area contributed by atoms with E-state index in [9.17, 15) is 27.5 Å². The molecule has 0 aliphatic heterocycles. The summed E-state index contributed by atoms with van der Waals surface area (Å²) in [6, 6.07) is 2.34. The van der Waals surface area contributed by atoms with Crippen LogP contribution in [0.15, 0.2) is 18.2 Å². The fourth-order valence-electron chi connectivity index (χ4n) is 1.30. The molecule has 17 heavy (non-hydrogen) atoms. The van der Waals surface area contributed by atoms with Crippen molar-refractivity contribution in [2.45, 2.75) is 18.7 Å². The lowest BCUT2D eigenvalue weighted by Gasteiger charge is -2.14. The van der Waals surface area contributed by atoms with E-state index in [2.05, 4.69) is 0 Å². The number of carboxylic acids is 1. The molecule has 0 bridgehead atoms. The molecule has 7 heteroatoms. The van der Waals surface area contributed by atoms with Crippen molar-refractivity contribution in [3.8, 4) is 0 Å². The minimum atomic E-state index is -4.89. The first-order valence-corrected chi connectivity index (χ1v) is 4.49. The summed E-state index contributed by atoms with van der Waals surface area (Å²) in [5.74, 6) is -3.08. The molecular weight excluding hydrogens is 244 g/mol. The second-order valence-electron chi connectivity index (χ2n) is 3.32. The Balaban J connectivity index is 3.15. The molecule has 1 aromatic carbocycles. The van der Waals surface area contributed by atoms with Crippen LogP contribution in [-0.4, -0.2) is 16.2 Å². The third-order valence-corrected chi connectivity index (χ3v) is 2.06. The first kappa shape index (κ1) is 13.4. The zero-order chi connectivity index (χ0) is 13.2. The van der Waals surface area contributed by atoms with Gasteiger partial charge in [0.05, 0.1) is 18.1 Å². The average Bonchev–Trinajstić information content (AvgIpc) is 2.14. The van der Waals surface area contributed by atoms with Crippen LogP contribution in [0.5, 0.6) is 0 Å². The van der Waals surface area contributed by atoms with Gasteiger partial charge >= 0.3 is 12.1 Å². The summed E-state index contributed by atoms with van der Waals surface area (Å²) < 4.78 is 50.3. The number of carboxylic acid groups (broad SMARTS) is 1. The van der Waals surface area contributed by atoms with E-state index in [-0.39, 0.29) is 0 Å². The molecule has 1 atom stereocenters. The first-order valence-electron chi connectivity index (χ1n) is 4.49. The van der Waals surface area contributed by atoms with Crippen LogP contribution in [-0.2, 0) is 11.0 Å². The Bertz CT molecular complexity index is 428. The van der Waals surface area contributed by atoms with Crippen molar-refractivity contribution in [2.24, 2.45) is 0 Å². The molecule has 0 aromatic heterocycles. The smallest absolute Gasteiger partial charge is 0.419 e. The predicted octanol–water partition coefficient (Wildman–Crippen LogP) is 2.35. The summed E-state index contributed by atoms with van der Waals surface area (Å²) in [5.41, 5.74) is -2.21. The Morgan fingerprint density at radius 1 is 1.35 bits per heavy atom. The second kappa shape index (κ2) is 4.70. The highest BCUT2D eigenvalue weighted by molar-refractivity contribution is 5.67. The van der Waals surface area contributed by atoms with Gasteiger partial charge in [0.15, 0.2) is 0 Å². The molecule has 0 aliphatic carbocycles. The molecule has 0 fully saturated rings. The van der Waals surface area contributed by atoms with Gasteiger partial charge < -0.3 is 10.2 Å². The van der Waals surface area contributed by atoms with E-state index in [1.54, 1.807) is 0 Å². The lowest BCUT2D eigenvalue weighted by Crippen LogP contribution is -2.13. The molecule has 0 spiro atoms. The van der Waals surface area contributed by atoms with Crippen molar-refractivity contribution >= 4 is 5.97 Å². The van der Waals surface area contributed by atoms with E-state index in [0.717, 1.165) is 12.1 Å². The minimum Gasteiger partial charge on any atom is -0.481 e. The monoisotopic (exact) mass is 252 g/mol. The van der Waals surface area contributed by atoms with Gasteiger partial charge in [-0.1, -0.05) is 12.1 Å². The van der Waals surface area contributed by atoms with Crippen molar-refractivity contribution in [2.75, 3.05) is 0 Å². The summed E-state index contributed by atoms with van der Waals surface area (Å²) in [7, 11) is 0. The zero-order valence-corrected chi connectivity index (χ0v) is 8.33. The van der Waals surface area contributed by atoms with Gasteiger partial charge in [0, 0.05) is 5.56 Å². The highest BCUT2D eigenvalue weighted by Crippen LogP contribution is 2.34. The van der Waals surface area contributed by atoms with Crippen LogP contribution < -0.4 is 0 Å². The maximum Gasteiger partial charge on any atom is 0.419 e. The lowest BCUT2D eigenvalue weighted by molar-refractivity contribution is -0.140. The van der Waals surface area contributed by atoms with Gasteiger partial charge in [-0.25, -0.2) is 4.39 Å². The average molecular weight is 252 g/mol. The fraction of sp³-hybridized carbons (Fsp3) is 0.300. The summed E-state index contributed by atoms with van der Waals surface area (Å²) >= 11 is 0. The third-order valence-electron chi connectivity index (χ3n) is 2.06. The number of aliphatic hydroxyl groups is 1. The normalized spacial score (nSPS) is 13.5. The van der Waals surface area contributed by atoms with Crippen LogP contribution in [0.3, 0.4) is 0 Å². The number of alkyl halides is 3. The van der Waals surface area contributed by atoms with Crippen LogP contribution in [0.2, 0.25) is 0 Å². The summed E-state index contributed by atoms with van der Waals surface area (Å²) in [6.45, 7) is 0. The molecule has 1 aromatic rings. The van der Waals surface area contributed by atoms with Crippen LogP contribution >= 0.6 is 0 Å². The van der Waals surface area contributed by atoms with Crippen molar-refractivity contribution in [1.29, 1.82) is 0 Å². The van der Waals surface area contributed by atoms with Crippen molar-refractivity contribution in [1.82, 2.24) is 0 Å². The number of hydrogen-bond acceptors (Lipinski definition) is 2. The van der Waals surface area contributed by atoms with Crippen molar-refractivity contribution in [3.05, 3.63) is 35.1 Å². The molecule has 0 aliphatic rings. The Labute approximate surface area is 93.3 Å². The summed E-state index contributed by atoms with van der Waals surface area (Å²) in [6.07, 6.45) is -7.56. The topological polar surface area (TPSA) is 57.5 Å². The molecule has 2 N–H and O–H groups in total. The predicted molar refractivity (Wildman–Crippen MR) is 48.6 cm³/mol. The third kappa shape index (κ3) is 3.16. The van der Waals surface area contributed by atoms with Crippen LogP contribution in [0.4, 0.5) is 17.6 Å². The molecule has 0 saturated carbocycles. The van der Waals surface area contributed by atoms with Gasteiger partial charge in [0.1, 0.15) is 5.82 Å². The molecule has 0 heterocycles. The van der Waals surface area contributed by atoms with E-state index in [0.29, 0.717) is 6.07 Å². The van der Waals surface area contributed by atoms with Crippen LogP contribution in [0, 0.1) is 5.82 Å². The number of aliphatic carboxylic acids is 1. The van der Waals surface area contributed by atoms with E-state index < -0.39 is 41.6 Å². The van der Waals surface area contributed by atoms with Gasteiger partial charge in [0.2, 0.25) is 0 Å². The van der Waals surface area contributed by atoms with Crippen LogP contribution in [0.25, 0.3) is 0 Å². The number of carbonyl (C=O) groups is 1. The summed E-state index contributed by atoms with van der Waals surface area (Å²) in [4.78, 5) is 10.3. The number of benzene rings is 1. The molecule has 0 saturated heterocycles. The number of aliphatic hydroxyl groups excluding tert-OH is 1. The van der Waals surface area contributed by atoms with Crippen LogP contribution in [0.1, 0.15) is 23.7 Å². The summed E-state index contributed by atoms with van der Waals surface area (Å²) in [5, 5.41) is 17.6. The number of hydrogen-bond donors (Lipinski definition) is 2. The Morgan fingerprint density at radius 3 is 2.41 bits per heavy atom. The first-order chi connectivity index (χ1) is 7.73. The molecule has 1 rings (SSSR count). The molecule has 0 amide bonds. The molecule has 0 unspecified atom stereocenters. The molecular formula is C10H8F4O3. The maximum atomic E-state index is 13.4. The highest BCUT2D eigenvalue weighted by Gasteiger charge is 2.35. The van der Waals surface area contributed by atoms with E-state index in [1.165, 1.54) is 0 Å². The highest BCUT2D eigenvalue weighted by atomic mass is 19.4. The Hall–Kier alpha value is -1.63. The largest absolute Gasteiger partial charge is 0.481 e. The molecule has 0 radical (unpaired) electrons. The lowest BCUT2D eigenvalue weighted by atomic mass is 10.0.